The zero-order chi connectivity index (χ0) is 21.6. The average molecular weight is 484 g/mol. The zero-order valence-corrected chi connectivity index (χ0v) is 18.7. The van der Waals surface area contributed by atoms with Crippen molar-refractivity contribution in [3.63, 3.8) is 0 Å². The van der Waals surface area contributed by atoms with Crippen LogP contribution in [0.4, 0.5) is 5.69 Å². The summed E-state index contributed by atoms with van der Waals surface area (Å²) in [5, 5.41) is 2.55. The van der Waals surface area contributed by atoms with E-state index in [0.29, 0.717) is 28.8 Å². The lowest BCUT2D eigenvalue weighted by molar-refractivity contribution is -0.119. The summed E-state index contributed by atoms with van der Waals surface area (Å²) in [5.41, 5.74) is 1.07. The number of halogens is 1. The summed E-state index contributed by atoms with van der Waals surface area (Å²) in [4.78, 5) is 28.1. The van der Waals surface area contributed by atoms with Crippen LogP contribution in [0.15, 0.2) is 46.0 Å². The van der Waals surface area contributed by atoms with Gasteiger partial charge in [0.05, 0.1) is 10.5 Å². The number of ether oxygens (including phenoxy) is 1. The highest BCUT2D eigenvalue weighted by Gasteiger charge is 2.24. The van der Waals surface area contributed by atoms with Crippen LogP contribution in [0.25, 0.3) is 0 Å². The lowest BCUT2D eigenvalue weighted by Gasteiger charge is -2.20. The number of nitrogens with one attached hydrogen (secondary N) is 1. The molecule has 2 aromatic rings. The Morgan fingerprint density at radius 2 is 1.86 bits per heavy atom. The highest BCUT2D eigenvalue weighted by Crippen LogP contribution is 2.23. The standard InChI is InChI=1S/C19H22BrN3O5S/c1-4-23(5-2)29(26,27)17-9-16(7-6-13(17)3)22-18(24)12-28-19(25)14-8-15(20)11-21-10-14/h6-11H,4-5,12H2,1-3H3,(H,22,24). The molecule has 2 rings (SSSR count). The summed E-state index contributed by atoms with van der Waals surface area (Å²) in [6.07, 6.45) is 2.85. The van der Waals surface area contributed by atoms with Gasteiger partial charge in [-0.3, -0.25) is 9.78 Å². The van der Waals surface area contributed by atoms with Crippen LogP contribution < -0.4 is 5.32 Å². The maximum Gasteiger partial charge on any atom is 0.340 e. The van der Waals surface area contributed by atoms with Gasteiger partial charge in [-0.15, -0.1) is 0 Å². The number of carbonyl (C=O) groups is 2. The van der Waals surface area contributed by atoms with Crippen molar-refractivity contribution < 1.29 is 22.7 Å². The number of amides is 1. The molecule has 10 heteroatoms. The van der Waals surface area contributed by atoms with Crippen LogP contribution >= 0.6 is 15.9 Å². The highest BCUT2D eigenvalue weighted by molar-refractivity contribution is 9.10. The van der Waals surface area contributed by atoms with Gasteiger partial charge in [0.2, 0.25) is 10.0 Å². The summed E-state index contributed by atoms with van der Waals surface area (Å²) >= 11 is 3.20. The molecular formula is C19H22BrN3O5S. The highest BCUT2D eigenvalue weighted by atomic mass is 79.9. The number of aromatic nitrogens is 1. The Balaban J connectivity index is 2.08. The Bertz CT molecular complexity index is 1010. The predicted molar refractivity (Wildman–Crippen MR) is 112 cm³/mol. The fourth-order valence-corrected chi connectivity index (χ4v) is 4.67. The Morgan fingerprint density at radius 3 is 2.48 bits per heavy atom. The third-order valence-electron chi connectivity index (χ3n) is 4.07. The number of aryl methyl sites for hydroxylation is 1. The molecule has 0 aliphatic rings. The van der Waals surface area contributed by atoms with E-state index in [1.54, 1.807) is 32.9 Å². The normalized spacial score (nSPS) is 11.3. The van der Waals surface area contributed by atoms with E-state index in [4.69, 9.17) is 4.74 Å². The minimum atomic E-state index is -3.67. The van der Waals surface area contributed by atoms with Crippen LogP contribution in [-0.2, 0) is 19.6 Å². The van der Waals surface area contributed by atoms with E-state index < -0.39 is 28.5 Å². The van der Waals surface area contributed by atoms with Crippen molar-refractivity contribution in [1.82, 2.24) is 9.29 Å². The monoisotopic (exact) mass is 483 g/mol. The maximum atomic E-state index is 12.8. The molecule has 0 spiro atoms. The van der Waals surface area contributed by atoms with Gasteiger partial charge in [-0.05, 0) is 46.6 Å². The van der Waals surface area contributed by atoms with E-state index in [2.05, 4.69) is 26.2 Å². The van der Waals surface area contributed by atoms with Gasteiger partial charge in [0.25, 0.3) is 5.91 Å². The fraction of sp³-hybridized carbons (Fsp3) is 0.316. The average Bonchev–Trinajstić information content (AvgIpc) is 2.68. The lowest BCUT2D eigenvalue weighted by atomic mass is 10.2. The largest absolute Gasteiger partial charge is 0.452 e. The topological polar surface area (TPSA) is 106 Å². The quantitative estimate of drug-likeness (QED) is 0.578. The molecule has 0 aliphatic heterocycles. The third kappa shape index (κ3) is 5.84. The molecule has 1 aromatic heterocycles. The van der Waals surface area contributed by atoms with Gasteiger partial charge in [-0.2, -0.15) is 4.31 Å². The van der Waals surface area contributed by atoms with E-state index >= 15 is 0 Å². The van der Waals surface area contributed by atoms with Crippen LogP contribution in [0.1, 0.15) is 29.8 Å². The number of anilines is 1. The van der Waals surface area contributed by atoms with Crippen molar-refractivity contribution in [3.05, 3.63) is 52.3 Å². The second-order valence-electron chi connectivity index (χ2n) is 6.09. The van der Waals surface area contributed by atoms with E-state index in [1.165, 1.54) is 28.8 Å². The molecule has 0 atom stereocenters. The number of nitrogens with zero attached hydrogens (tertiary/aromatic N) is 2. The molecule has 1 amide bonds. The molecule has 0 radical (unpaired) electrons. The van der Waals surface area contributed by atoms with Gasteiger partial charge in [-0.25, -0.2) is 13.2 Å². The van der Waals surface area contributed by atoms with Crippen LogP contribution in [0.2, 0.25) is 0 Å². The second-order valence-corrected chi connectivity index (χ2v) is 8.91. The van der Waals surface area contributed by atoms with Crippen LogP contribution in [0, 0.1) is 6.92 Å². The minimum absolute atomic E-state index is 0.121. The first-order chi connectivity index (χ1) is 13.7. The molecule has 0 unspecified atom stereocenters. The van der Waals surface area contributed by atoms with Crippen molar-refractivity contribution in [2.45, 2.75) is 25.7 Å². The molecule has 0 saturated heterocycles. The van der Waals surface area contributed by atoms with Gasteiger partial charge in [0.1, 0.15) is 0 Å². The number of benzene rings is 1. The number of hydrogen-bond acceptors (Lipinski definition) is 6. The number of carbonyl (C=O) groups excluding carboxylic acids is 2. The van der Waals surface area contributed by atoms with Crippen LogP contribution in [-0.4, -0.2) is 49.3 Å². The minimum Gasteiger partial charge on any atom is -0.452 e. The SMILES string of the molecule is CCN(CC)S(=O)(=O)c1cc(NC(=O)COC(=O)c2cncc(Br)c2)ccc1C. The molecule has 1 aromatic carbocycles. The number of sulfonamides is 1. The predicted octanol–water partition coefficient (Wildman–Crippen LogP) is 2.98. The van der Waals surface area contributed by atoms with Crippen molar-refractivity contribution >= 4 is 43.5 Å². The molecule has 0 bridgehead atoms. The Hall–Kier alpha value is -2.30. The number of esters is 1. The molecule has 29 heavy (non-hydrogen) atoms. The molecule has 0 aliphatic carbocycles. The summed E-state index contributed by atoms with van der Waals surface area (Å²) in [6, 6.07) is 6.14. The lowest BCUT2D eigenvalue weighted by Crippen LogP contribution is -2.31. The van der Waals surface area contributed by atoms with Gasteiger partial charge >= 0.3 is 5.97 Å². The van der Waals surface area contributed by atoms with Gasteiger partial charge in [-0.1, -0.05) is 19.9 Å². The molecule has 1 heterocycles. The van der Waals surface area contributed by atoms with Gasteiger partial charge in [0.15, 0.2) is 6.61 Å². The smallest absolute Gasteiger partial charge is 0.340 e. The van der Waals surface area contributed by atoms with Crippen LogP contribution in [0.5, 0.6) is 0 Å². The van der Waals surface area contributed by atoms with E-state index in [1.807, 2.05) is 0 Å². The van der Waals surface area contributed by atoms with E-state index in [0.717, 1.165) is 0 Å². The molecule has 0 fully saturated rings. The molecule has 8 nitrogen and oxygen atoms in total. The van der Waals surface area contributed by atoms with Crippen molar-refractivity contribution in [2.75, 3.05) is 25.0 Å². The number of hydrogen-bond donors (Lipinski definition) is 1. The van der Waals surface area contributed by atoms with Gasteiger partial charge in [0, 0.05) is 35.6 Å². The first kappa shape index (κ1) is 23.0. The van der Waals surface area contributed by atoms with E-state index in [9.17, 15) is 18.0 Å². The fourth-order valence-electron chi connectivity index (χ4n) is 2.59. The Morgan fingerprint density at radius 1 is 1.17 bits per heavy atom. The van der Waals surface area contributed by atoms with E-state index in [-0.39, 0.29) is 10.5 Å². The third-order valence-corrected chi connectivity index (χ3v) is 6.70. The molecule has 156 valence electrons. The maximum absolute atomic E-state index is 12.8. The summed E-state index contributed by atoms with van der Waals surface area (Å²) < 4.78 is 32.5. The summed E-state index contributed by atoms with van der Waals surface area (Å²) in [5.74, 6) is -1.28. The van der Waals surface area contributed by atoms with Crippen LogP contribution in [0.3, 0.4) is 0 Å². The van der Waals surface area contributed by atoms with Crippen molar-refractivity contribution in [3.8, 4) is 0 Å². The Labute approximate surface area is 178 Å². The zero-order valence-electron chi connectivity index (χ0n) is 16.3. The second kappa shape index (κ2) is 9.95. The molecule has 1 N–H and O–H groups in total. The molecule has 0 saturated carbocycles. The summed E-state index contributed by atoms with van der Waals surface area (Å²) in [6.45, 7) is 5.38. The number of rotatable bonds is 8. The van der Waals surface area contributed by atoms with Gasteiger partial charge < -0.3 is 10.1 Å². The summed E-state index contributed by atoms with van der Waals surface area (Å²) in [7, 11) is -3.67. The number of pyridine rings is 1. The molecular weight excluding hydrogens is 462 g/mol. The first-order valence-electron chi connectivity index (χ1n) is 8.87. The first-order valence-corrected chi connectivity index (χ1v) is 11.1. The van der Waals surface area contributed by atoms with Crippen molar-refractivity contribution in [2.24, 2.45) is 0 Å². The van der Waals surface area contributed by atoms with Crippen molar-refractivity contribution in [1.29, 1.82) is 0 Å². The Kier molecular flexibility index (Phi) is 7.88.